The average molecular weight is 191 g/mol. The Bertz CT molecular complexity index is 226. The summed E-state index contributed by atoms with van der Waals surface area (Å²) in [4.78, 5) is 21.7. The highest BCUT2D eigenvalue weighted by molar-refractivity contribution is 5.89. The van der Waals surface area contributed by atoms with Crippen LogP contribution in [0.3, 0.4) is 0 Å². The summed E-state index contributed by atoms with van der Waals surface area (Å²) >= 11 is 0. The third-order valence-corrected chi connectivity index (χ3v) is 2.88. The van der Waals surface area contributed by atoms with Crippen LogP contribution in [0.5, 0.6) is 0 Å². The Morgan fingerprint density at radius 2 is 2.08 bits per heavy atom. The summed E-state index contributed by atoms with van der Waals surface area (Å²) in [5, 5.41) is 8.70. The molecule has 3 nitrogen and oxygen atoms in total. The molecule has 0 aromatic heterocycles. The van der Waals surface area contributed by atoms with Gasteiger partial charge in [0.05, 0.1) is 5.92 Å². The van der Waals surface area contributed by atoms with E-state index in [9.17, 15) is 9.59 Å². The van der Waals surface area contributed by atoms with Gasteiger partial charge in [-0.2, -0.15) is 0 Å². The number of carboxylic acids is 1. The summed E-state index contributed by atoms with van der Waals surface area (Å²) in [5.41, 5.74) is 0. The number of carbonyl (C=O) groups excluding carboxylic acids is 1. The molecule has 3 unspecified atom stereocenters. The van der Waals surface area contributed by atoms with Gasteiger partial charge in [-0.1, -0.05) is 0 Å². The van der Waals surface area contributed by atoms with E-state index in [1.54, 1.807) is 0 Å². The second-order valence-electron chi connectivity index (χ2n) is 3.56. The maximum Gasteiger partial charge on any atom is 0.307 e. The number of aliphatic carboxylic acids is 1. The maximum atomic E-state index is 11.1. The van der Waals surface area contributed by atoms with Crippen molar-refractivity contribution in [3.8, 4) is 0 Å². The molecule has 2 rings (SSSR count). The van der Waals surface area contributed by atoms with E-state index >= 15 is 0 Å². The highest BCUT2D eigenvalue weighted by atomic mass is 35.5. The van der Waals surface area contributed by atoms with Gasteiger partial charge in [0, 0.05) is 12.3 Å². The molecule has 12 heavy (non-hydrogen) atoms. The Labute approximate surface area is 76.6 Å². The van der Waals surface area contributed by atoms with E-state index in [1.165, 1.54) is 0 Å². The summed E-state index contributed by atoms with van der Waals surface area (Å²) in [5.74, 6) is -0.730. The molecule has 0 aromatic rings. The van der Waals surface area contributed by atoms with E-state index in [2.05, 4.69) is 0 Å². The van der Waals surface area contributed by atoms with Gasteiger partial charge in [0.2, 0.25) is 0 Å². The average Bonchev–Trinajstić information content (AvgIpc) is 2.43. The number of carbonyl (C=O) groups is 2. The topological polar surface area (TPSA) is 54.4 Å². The van der Waals surface area contributed by atoms with E-state index in [1.807, 2.05) is 0 Å². The Kier molecular flexibility index (Phi) is 2.42. The van der Waals surface area contributed by atoms with Crippen molar-refractivity contribution < 1.29 is 14.7 Å². The van der Waals surface area contributed by atoms with E-state index in [0.717, 1.165) is 12.8 Å². The standard InChI is InChI=1S/C8H10O3.ClH/c9-7-3-4-1-5(7)6(2-4)8(10)11;/h4-6H,1-3H2,(H,10,11);1H. The minimum Gasteiger partial charge on any atom is -0.481 e. The first-order valence-corrected chi connectivity index (χ1v) is 3.94. The van der Waals surface area contributed by atoms with Gasteiger partial charge in [-0.25, -0.2) is 0 Å². The molecule has 2 fully saturated rings. The number of halogens is 1. The van der Waals surface area contributed by atoms with Crippen LogP contribution in [0.2, 0.25) is 0 Å². The molecule has 0 radical (unpaired) electrons. The Balaban J connectivity index is 0.000000720. The van der Waals surface area contributed by atoms with Gasteiger partial charge in [0.1, 0.15) is 5.78 Å². The number of fused-ring (bicyclic) bond motifs is 2. The predicted octanol–water partition coefficient (Wildman–Crippen LogP) is 1.11. The van der Waals surface area contributed by atoms with Gasteiger partial charge in [0.25, 0.3) is 0 Å². The second-order valence-corrected chi connectivity index (χ2v) is 3.56. The van der Waals surface area contributed by atoms with Crippen molar-refractivity contribution in [2.75, 3.05) is 0 Å². The fourth-order valence-electron chi connectivity index (χ4n) is 2.37. The van der Waals surface area contributed by atoms with Crippen LogP contribution in [0.15, 0.2) is 0 Å². The predicted molar refractivity (Wildman–Crippen MR) is 44.2 cm³/mol. The lowest BCUT2D eigenvalue weighted by molar-refractivity contribution is -0.146. The lowest BCUT2D eigenvalue weighted by Gasteiger charge is -2.15. The van der Waals surface area contributed by atoms with Crippen LogP contribution < -0.4 is 0 Å². The van der Waals surface area contributed by atoms with Crippen LogP contribution in [0.25, 0.3) is 0 Å². The molecule has 0 saturated heterocycles. The summed E-state index contributed by atoms with van der Waals surface area (Å²) < 4.78 is 0. The lowest BCUT2D eigenvalue weighted by atomic mass is 9.88. The van der Waals surface area contributed by atoms with Gasteiger partial charge >= 0.3 is 5.97 Å². The van der Waals surface area contributed by atoms with Crippen molar-refractivity contribution in [3.63, 3.8) is 0 Å². The number of Topliss-reactive ketones (excluding diaryl/α,β-unsaturated/α-hetero) is 1. The summed E-state index contributed by atoms with van der Waals surface area (Å²) in [7, 11) is 0. The zero-order chi connectivity index (χ0) is 8.01. The molecular weight excluding hydrogens is 180 g/mol. The smallest absolute Gasteiger partial charge is 0.307 e. The van der Waals surface area contributed by atoms with Crippen molar-refractivity contribution in [3.05, 3.63) is 0 Å². The molecule has 2 aliphatic carbocycles. The number of ketones is 1. The summed E-state index contributed by atoms with van der Waals surface area (Å²) in [6.07, 6.45) is 2.19. The van der Waals surface area contributed by atoms with Crippen LogP contribution in [0.1, 0.15) is 19.3 Å². The van der Waals surface area contributed by atoms with Crippen molar-refractivity contribution in [2.24, 2.45) is 17.8 Å². The number of hydrogen-bond acceptors (Lipinski definition) is 2. The Morgan fingerprint density at radius 3 is 2.42 bits per heavy atom. The van der Waals surface area contributed by atoms with Crippen LogP contribution in [-0.4, -0.2) is 16.9 Å². The van der Waals surface area contributed by atoms with Gasteiger partial charge < -0.3 is 5.11 Å². The molecule has 0 spiro atoms. The quantitative estimate of drug-likeness (QED) is 0.674. The first-order chi connectivity index (χ1) is 5.18. The largest absolute Gasteiger partial charge is 0.481 e. The monoisotopic (exact) mass is 190 g/mol. The van der Waals surface area contributed by atoms with Crippen molar-refractivity contribution >= 4 is 24.2 Å². The molecule has 0 aromatic carbocycles. The third-order valence-electron chi connectivity index (χ3n) is 2.88. The molecule has 2 bridgehead atoms. The summed E-state index contributed by atoms with van der Waals surface area (Å²) in [6.45, 7) is 0. The second kappa shape index (κ2) is 3.05. The third kappa shape index (κ3) is 1.22. The number of hydrogen-bond donors (Lipinski definition) is 1. The van der Waals surface area contributed by atoms with Crippen molar-refractivity contribution in [2.45, 2.75) is 19.3 Å². The zero-order valence-electron chi connectivity index (χ0n) is 6.53. The van der Waals surface area contributed by atoms with Crippen LogP contribution >= 0.6 is 12.4 Å². The van der Waals surface area contributed by atoms with Gasteiger partial charge in [-0.05, 0) is 18.8 Å². The molecule has 4 heteroatoms. The SMILES string of the molecule is Cl.O=C(O)C1CC2CC(=O)C1C2. The zero-order valence-corrected chi connectivity index (χ0v) is 7.34. The van der Waals surface area contributed by atoms with Gasteiger partial charge in [-0.3, -0.25) is 9.59 Å². The molecule has 3 atom stereocenters. The molecule has 1 N–H and O–H groups in total. The Hall–Kier alpha value is -0.570. The molecule has 0 heterocycles. The lowest BCUT2D eigenvalue weighted by Crippen LogP contribution is -2.26. The van der Waals surface area contributed by atoms with Crippen molar-refractivity contribution in [1.29, 1.82) is 0 Å². The molecular formula is C8H11ClO3. The van der Waals surface area contributed by atoms with Crippen molar-refractivity contribution in [1.82, 2.24) is 0 Å². The minimum atomic E-state index is -0.787. The van der Waals surface area contributed by atoms with E-state index in [-0.39, 0.29) is 30.0 Å². The molecule has 2 aliphatic rings. The number of rotatable bonds is 1. The van der Waals surface area contributed by atoms with E-state index < -0.39 is 5.97 Å². The van der Waals surface area contributed by atoms with Crippen LogP contribution in [0.4, 0.5) is 0 Å². The Morgan fingerprint density at radius 1 is 1.42 bits per heavy atom. The fourth-order valence-corrected chi connectivity index (χ4v) is 2.37. The first kappa shape index (κ1) is 9.52. The molecule has 2 saturated carbocycles. The highest BCUT2D eigenvalue weighted by Crippen LogP contribution is 2.46. The molecule has 0 aliphatic heterocycles. The number of carboxylic acid groups (broad SMARTS) is 1. The fraction of sp³-hybridized carbons (Fsp3) is 0.750. The minimum absolute atomic E-state index is 0. The normalized spacial score (nSPS) is 38.0. The molecule has 68 valence electrons. The van der Waals surface area contributed by atoms with E-state index in [0.29, 0.717) is 12.3 Å². The van der Waals surface area contributed by atoms with Gasteiger partial charge in [0.15, 0.2) is 0 Å². The summed E-state index contributed by atoms with van der Waals surface area (Å²) in [6, 6.07) is 0. The molecule has 0 amide bonds. The highest BCUT2D eigenvalue weighted by Gasteiger charge is 2.48. The maximum absolute atomic E-state index is 11.1. The van der Waals surface area contributed by atoms with Crippen LogP contribution in [-0.2, 0) is 9.59 Å². The first-order valence-electron chi connectivity index (χ1n) is 3.94. The van der Waals surface area contributed by atoms with Crippen LogP contribution in [0, 0.1) is 17.8 Å². The van der Waals surface area contributed by atoms with Gasteiger partial charge in [-0.15, -0.1) is 12.4 Å². The van der Waals surface area contributed by atoms with E-state index in [4.69, 9.17) is 5.11 Å².